The van der Waals surface area contributed by atoms with Gasteiger partial charge in [0, 0.05) is 5.56 Å². The lowest BCUT2D eigenvalue weighted by Gasteiger charge is -2.06. The van der Waals surface area contributed by atoms with E-state index in [0.717, 1.165) is 5.56 Å². The first-order valence-electron chi connectivity index (χ1n) is 5.25. The highest BCUT2D eigenvalue weighted by Gasteiger charge is 2.14. The van der Waals surface area contributed by atoms with Gasteiger partial charge in [-0.2, -0.15) is 0 Å². The Labute approximate surface area is 103 Å². The van der Waals surface area contributed by atoms with Crippen molar-refractivity contribution in [2.24, 2.45) is 5.73 Å². The molecule has 0 saturated heterocycles. The van der Waals surface area contributed by atoms with Crippen LogP contribution in [0.4, 0.5) is 0 Å². The van der Waals surface area contributed by atoms with Crippen LogP contribution in [0.3, 0.4) is 0 Å². The number of furan rings is 1. The number of carbonyl (C=O) groups is 2. The predicted octanol–water partition coefficient (Wildman–Crippen LogP) is 1.84. The highest BCUT2D eigenvalue weighted by molar-refractivity contribution is 5.76. The van der Waals surface area contributed by atoms with Crippen molar-refractivity contribution in [1.29, 1.82) is 0 Å². The minimum absolute atomic E-state index is 0.247. The molecule has 5 heteroatoms. The zero-order chi connectivity index (χ0) is 13.1. The first-order valence-corrected chi connectivity index (χ1v) is 5.25. The summed E-state index contributed by atoms with van der Waals surface area (Å²) in [7, 11) is 0. The quantitative estimate of drug-likeness (QED) is 0.801. The van der Waals surface area contributed by atoms with Gasteiger partial charge in [-0.3, -0.25) is 9.59 Å². The maximum atomic E-state index is 10.7. The average Bonchev–Trinajstić information content (AvgIpc) is 2.86. The Morgan fingerprint density at radius 3 is 2.39 bits per heavy atom. The Morgan fingerprint density at radius 2 is 1.89 bits per heavy atom. The van der Waals surface area contributed by atoms with Gasteiger partial charge in [0.05, 0.1) is 0 Å². The van der Waals surface area contributed by atoms with Crippen LogP contribution >= 0.6 is 0 Å². The number of hydrogen-bond donors (Lipinski definition) is 2. The number of carboxylic acid groups (broad SMARTS) is 1. The van der Waals surface area contributed by atoms with Crippen LogP contribution in [0.2, 0.25) is 0 Å². The molecule has 0 aliphatic heterocycles. The van der Waals surface area contributed by atoms with Crippen LogP contribution in [-0.4, -0.2) is 17.4 Å². The number of nitrogens with two attached hydrogens (primary N) is 1. The topological polar surface area (TPSA) is 93.5 Å². The summed E-state index contributed by atoms with van der Waals surface area (Å²) in [6, 6.07) is 8.85. The van der Waals surface area contributed by atoms with E-state index in [-0.39, 0.29) is 5.76 Å². The standard InChI is InChI=1S/C13H11NO4/c14-12(13(16)17)9-3-1-8(2-4-9)11-6-5-10(7-15)18-11/h1-7,12H,14H2,(H,16,17)/t12-/m1/s1. The summed E-state index contributed by atoms with van der Waals surface area (Å²) in [6.07, 6.45) is 0.623. The summed E-state index contributed by atoms with van der Waals surface area (Å²) >= 11 is 0. The number of rotatable bonds is 4. The molecule has 5 nitrogen and oxygen atoms in total. The fraction of sp³-hybridized carbons (Fsp3) is 0.0769. The Bertz CT molecular complexity index is 571. The smallest absolute Gasteiger partial charge is 0.325 e. The third kappa shape index (κ3) is 2.31. The Hall–Kier alpha value is -2.40. The van der Waals surface area contributed by atoms with Gasteiger partial charge in [-0.05, 0) is 17.7 Å². The predicted molar refractivity (Wildman–Crippen MR) is 64.1 cm³/mol. The maximum Gasteiger partial charge on any atom is 0.325 e. The zero-order valence-corrected chi connectivity index (χ0v) is 9.37. The van der Waals surface area contributed by atoms with Gasteiger partial charge in [-0.25, -0.2) is 0 Å². The van der Waals surface area contributed by atoms with Gasteiger partial charge in [0.15, 0.2) is 12.0 Å². The molecule has 0 fully saturated rings. The fourth-order valence-corrected chi connectivity index (χ4v) is 1.57. The van der Waals surface area contributed by atoms with Crippen LogP contribution < -0.4 is 5.73 Å². The zero-order valence-electron chi connectivity index (χ0n) is 9.37. The van der Waals surface area contributed by atoms with Crippen molar-refractivity contribution in [3.05, 3.63) is 47.7 Å². The number of carboxylic acids is 1. The molecule has 0 bridgehead atoms. The van der Waals surface area contributed by atoms with Crippen LogP contribution in [0.25, 0.3) is 11.3 Å². The summed E-state index contributed by atoms with van der Waals surface area (Å²) in [6.45, 7) is 0. The molecule has 0 saturated carbocycles. The van der Waals surface area contributed by atoms with E-state index in [9.17, 15) is 9.59 Å². The van der Waals surface area contributed by atoms with E-state index < -0.39 is 12.0 Å². The first-order chi connectivity index (χ1) is 8.61. The summed E-state index contributed by atoms with van der Waals surface area (Å²) in [4.78, 5) is 21.2. The van der Waals surface area contributed by atoms with E-state index in [1.807, 2.05) is 0 Å². The second-order valence-corrected chi connectivity index (χ2v) is 3.76. The minimum atomic E-state index is -1.08. The van der Waals surface area contributed by atoms with Crippen LogP contribution in [0.1, 0.15) is 22.2 Å². The normalized spacial score (nSPS) is 12.1. The lowest BCUT2D eigenvalue weighted by Crippen LogP contribution is -2.20. The van der Waals surface area contributed by atoms with E-state index in [1.54, 1.807) is 36.4 Å². The molecule has 0 spiro atoms. The molecule has 0 unspecified atom stereocenters. The van der Waals surface area contributed by atoms with Crippen molar-refractivity contribution in [1.82, 2.24) is 0 Å². The van der Waals surface area contributed by atoms with Gasteiger partial charge < -0.3 is 15.3 Å². The molecule has 0 aliphatic rings. The van der Waals surface area contributed by atoms with Gasteiger partial charge >= 0.3 is 5.97 Å². The van der Waals surface area contributed by atoms with Crippen LogP contribution in [0.15, 0.2) is 40.8 Å². The molecule has 1 aromatic heterocycles. The second-order valence-electron chi connectivity index (χ2n) is 3.76. The largest absolute Gasteiger partial charge is 0.480 e. The van der Waals surface area contributed by atoms with E-state index in [1.165, 1.54) is 0 Å². The summed E-state index contributed by atoms with van der Waals surface area (Å²) < 4.78 is 5.25. The molecule has 0 radical (unpaired) electrons. The maximum absolute atomic E-state index is 10.7. The van der Waals surface area contributed by atoms with E-state index in [0.29, 0.717) is 17.6 Å². The molecule has 2 aromatic rings. The van der Waals surface area contributed by atoms with Crippen LogP contribution in [0.5, 0.6) is 0 Å². The van der Waals surface area contributed by atoms with Gasteiger partial charge in [0.2, 0.25) is 0 Å². The molecule has 92 valence electrons. The summed E-state index contributed by atoms with van der Waals surface area (Å²) in [5.41, 5.74) is 6.74. The van der Waals surface area contributed by atoms with Gasteiger partial charge in [0.25, 0.3) is 0 Å². The Morgan fingerprint density at radius 1 is 1.22 bits per heavy atom. The molecule has 1 atom stereocenters. The third-order valence-corrected chi connectivity index (χ3v) is 2.56. The molecule has 0 aliphatic carbocycles. The summed E-state index contributed by atoms with van der Waals surface area (Å²) in [5, 5.41) is 8.77. The molecule has 1 heterocycles. The van der Waals surface area contributed by atoms with Crippen LogP contribution in [-0.2, 0) is 4.79 Å². The monoisotopic (exact) mass is 245 g/mol. The average molecular weight is 245 g/mol. The van der Waals surface area contributed by atoms with Crippen molar-refractivity contribution in [2.75, 3.05) is 0 Å². The van der Waals surface area contributed by atoms with Gasteiger partial charge in [0.1, 0.15) is 11.8 Å². The van der Waals surface area contributed by atoms with Crippen molar-refractivity contribution in [3.63, 3.8) is 0 Å². The fourth-order valence-electron chi connectivity index (χ4n) is 1.57. The number of carbonyl (C=O) groups excluding carboxylic acids is 1. The van der Waals surface area contributed by atoms with Crippen molar-refractivity contribution >= 4 is 12.3 Å². The van der Waals surface area contributed by atoms with E-state index in [2.05, 4.69) is 0 Å². The lowest BCUT2D eigenvalue weighted by molar-refractivity contribution is -0.138. The van der Waals surface area contributed by atoms with E-state index >= 15 is 0 Å². The molecule has 3 N–H and O–H groups in total. The molecular formula is C13H11NO4. The number of hydrogen-bond acceptors (Lipinski definition) is 4. The van der Waals surface area contributed by atoms with Crippen molar-refractivity contribution in [2.45, 2.75) is 6.04 Å². The Kier molecular flexibility index (Phi) is 3.25. The van der Waals surface area contributed by atoms with E-state index in [4.69, 9.17) is 15.3 Å². The Balaban J connectivity index is 2.27. The minimum Gasteiger partial charge on any atom is -0.480 e. The number of aldehydes is 1. The molecular weight excluding hydrogens is 234 g/mol. The van der Waals surface area contributed by atoms with Crippen molar-refractivity contribution in [3.8, 4) is 11.3 Å². The number of aliphatic carboxylic acids is 1. The molecule has 0 amide bonds. The molecule has 1 aromatic carbocycles. The lowest BCUT2D eigenvalue weighted by atomic mass is 10.0. The molecule has 18 heavy (non-hydrogen) atoms. The number of benzene rings is 1. The summed E-state index contributed by atoms with van der Waals surface area (Å²) in [5.74, 6) is -0.284. The third-order valence-electron chi connectivity index (χ3n) is 2.56. The SMILES string of the molecule is N[C@@H](C(=O)O)c1ccc(-c2ccc(C=O)o2)cc1. The van der Waals surface area contributed by atoms with Crippen LogP contribution in [0, 0.1) is 0 Å². The van der Waals surface area contributed by atoms with Crippen molar-refractivity contribution < 1.29 is 19.1 Å². The van der Waals surface area contributed by atoms with Gasteiger partial charge in [-0.15, -0.1) is 0 Å². The second kappa shape index (κ2) is 4.85. The molecule has 2 rings (SSSR count). The van der Waals surface area contributed by atoms with Gasteiger partial charge in [-0.1, -0.05) is 24.3 Å². The first kappa shape index (κ1) is 12.1. The highest BCUT2D eigenvalue weighted by Crippen LogP contribution is 2.23. The highest BCUT2D eigenvalue weighted by atomic mass is 16.4.